The van der Waals surface area contributed by atoms with Crippen LogP contribution < -0.4 is 4.74 Å². The van der Waals surface area contributed by atoms with E-state index >= 15 is 0 Å². The van der Waals surface area contributed by atoms with Crippen LogP contribution in [0.15, 0.2) is 60.0 Å². The highest BCUT2D eigenvalue weighted by Gasteiger charge is 2.34. The normalized spacial score (nSPS) is 15.0. The van der Waals surface area contributed by atoms with Gasteiger partial charge in [0.05, 0.1) is 16.6 Å². The van der Waals surface area contributed by atoms with Crippen molar-refractivity contribution in [1.82, 2.24) is 9.80 Å². The first-order chi connectivity index (χ1) is 16.5. The van der Waals surface area contributed by atoms with E-state index < -0.39 is 5.82 Å². The monoisotopic (exact) mass is 500 g/mol. The van der Waals surface area contributed by atoms with Crippen LogP contribution in [0.1, 0.15) is 40.2 Å². The van der Waals surface area contributed by atoms with E-state index in [-0.39, 0.29) is 36.8 Å². The number of fused-ring (bicyclic) bond motifs is 1. The molecule has 0 aliphatic carbocycles. The van der Waals surface area contributed by atoms with E-state index in [4.69, 9.17) is 16.3 Å². The molecular formula is C26H26ClFN2O3S. The van der Waals surface area contributed by atoms with Gasteiger partial charge in [0.15, 0.2) is 11.6 Å². The summed E-state index contributed by atoms with van der Waals surface area (Å²) in [6.45, 7) is 2.97. The molecule has 1 aromatic heterocycles. The maximum absolute atomic E-state index is 14.1. The van der Waals surface area contributed by atoms with E-state index in [0.29, 0.717) is 30.1 Å². The minimum absolute atomic E-state index is 0.0619. The van der Waals surface area contributed by atoms with Crippen molar-refractivity contribution in [2.45, 2.75) is 25.8 Å². The standard InChI is InChI=1S/C26H26ClFN2O3S/c1-2-13-29(26(32)18-7-3-4-8-20(18)27)16-25(31)30-14-11-24-19(12-15-34-24)22(30)17-33-23-10-6-5-9-21(23)28/h3-10,12,15,22H,2,11,13-14,16-17H2,1H3. The molecule has 2 aromatic carbocycles. The van der Waals surface area contributed by atoms with E-state index in [2.05, 4.69) is 0 Å². The summed E-state index contributed by atoms with van der Waals surface area (Å²) in [4.78, 5) is 31.2. The van der Waals surface area contributed by atoms with E-state index in [1.54, 1.807) is 63.6 Å². The summed E-state index contributed by atoms with van der Waals surface area (Å²) in [6.07, 6.45) is 1.44. The van der Waals surface area contributed by atoms with Gasteiger partial charge in [-0.1, -0.05) is 42.8 Å². The van der Waals surface area contributed by atoms with Crippen molar-refractivity contribution in [2.24, 2.45) is 0 Å². The lowest BCUT2D eigenvalue weighted by atomic mass is 10.0. The Morgan fingerprint density at radius 1 is 1.18 bits per heavy atom. The second kappa shape index (κ2) is 11.0. The molecule has 0 bridgehead atoms. The van der Waals surface area contributed by atoms with Crippen molar-refractivity contribution in [3.63, 3.8) is 0 Å². The molecule has 0 spiro atoms. The Kier molecular flexibility index (Phi) is 7.85. The molecule has 1 unspecified atom stereocenters. The third kappa shape index (κ3) is 5.26. The summed E-state index contributed by atoms with van der Waals surface area (Å²) in [7, 11) is 0. The van der Waals surface area contributed by atoms with Gasteiger partial charge in [-0.2, -0.15) is 0 Å². The Labute approximate surface area is 207 Å². The molecule has 2 amide bonds. The number of nitrogens with zero attached hydrogens (tertiary/aromatic N) is 2. The quantitative estimate of drug-likeness (QED) is 0.404. The Morgan fingerprint density at radius 2 is 1.94 bits per heavy atom. The van der Waals surface area contributed by atoms with Crippen LogP contribution in [-0.2, 0) is 11.2 Å². The van der Waals surface area contributed by atoms with Gasteiger partial charge in [-0.3, -0.25) is 9.59 Å². The Bertz CT molecular complexity index is 1170. The lowest BCUT2D eigenvalue weighted by molar-refractivity contribution is -0.135. The average molecular weight is 501 g/mol. The number of rotatable bonds is 8. The van der Waals surface area contributed by atoms with Crippen LogP contribution in [0.4, 0.5) is 4.39 Å². The maximum atomic E-state index is 14.1. The average Bonchev–Trinajstić information content (AvgIpc) is 3.32. The smallest absolute Gasteiger partial charge is 0.255 e. The molecule has 178 valence electrons. The van der Waals surface area contributed by atoms with Gasteiger partial charge < -0.3 is 14.5 Å². The lowest BCUT2D eigenvalue weighted by Gasteiger charge is -2.37. The molecule has 0 saturated carbocycles. The van der Waals surface area contributed by atoms with Gasteiger partial charge in [-0.05, 0) is 54.1 Å². The number of carbonyl (C=O) groups excluding carboxylic acids is 2. The second-order valence-electron chi connectivity index (χ2n) is 8.10. The molecule has 4 rings (SSSR count). The number of hydrogen-bond donors (Lipinski definition) is 0. The van der Waals surface area contributed by atoms with Gasteiger partial charge in [0.1, 0.15) is 13.2 Å². The summed E-state index contributed by atoms with van der Waals surface area (Å²) in [6, 6.07) is 14.7. The molecule has 0 saturated heterocycles. The van der Waals surface area contributed by atoms with Crippen LogP contribution in [0, 0.1) is 5.82 Å². The number of amides is 2. The van der Waals surface area contributed by atoms with Gasteiger partial charge in [0, 0.05) is 18.0 Å². The molecule has 2 heterocycles. The van der Waals surface area contributed by atoms with Crippen LogP contribution in [0.3, 0.4) is 0 Å². The third-order valence-electron chi connectivity index (χ3n) is 5.86. The lowest BCUT2D eigenvalue weighted by Crippen LogP contribution is -2.48. The molecule has 0 fully saturated rings. The van der Waals surface area contributed by atoms with Crippen molar-refractivity contribution in [2.75, 3.05) is 26.2 Å². The Morgan fingerprint density at radius 3 is 2.71 bits per heavy atom. The van der Waals surface area contributed by atoms with E-state index in [0.717, 1.165) is 12.0 Å². The molecular weight excluding hydrogens is 475 g/mol. The molecule has 0 radical (unpaired) electrons. The fraction of sp³-hybridized carbons (Fsp3) is 0.308. The minimum atomic E-state index is -0.443. The van der Waals surface area contributed by atoms with Crippen LogP contribution in [-0.4, -0.2) is 47.9 Å². The van der Waals surface area contributed by atoms with Gasteiger partial charge >= 0.3 is 0 Å². The number of para-hydroxylation sites is 1. The molecule has 34 heavy (non-hydrogen) atoms. The van der Waals surface area contributed by atoms with Crippen molar-refractivity contribution >= 4 is 34.8 Å². The number of halogens is 2. The van der Waals surface area contributed by atoms with Gasteiger partial charge in [0.2, 0.25) is 5.91 Å². The zero-order chi connectivity index (χ0) is 24.1. The molecule has 5 nitrogen and oxygen atoms in total. The van der Waals surface area contributed by atoms with Crippen molar-refractivity contribution in [3.05, 3.63) is 86.8 Å². The van der Waals surface area contributed by atoms with Crippen LogP contribution in [0.2, 0.25) is 5.02 Å². The first-order valence-corrected chi connectivity index (χ1v) is 12.5. The van der Waals surface area contributed by atoms with Crippen LogP contribution in [0.5, 0.6) is 5.75 Å². The fourth-order valence-electron chi connectivity index (χ4n) is 4.19. The number of carbonyl (C=O) groups is 2. The van der Waals surface area contributed by atoms with Crippen molar-refractivity contribution in [3.8, 4) is 5.75 Å². The summed E-state index contributed by atoms with van der Waals surface area (Å²) in [5.41, 5.74) is 1.39. The van der Waals surface area contributed by atoms with Crippen LogP contribution in [0.25, 0.3) is 0 Å². The molecule has 1 aliphatic rings. The first-order valence-electron chi connectivity index (χ1n) is 11.3. The van der Waals surface area contributed by atoms with Gasteiger partial charge in [-0.15, -0.1) is 11.3 Å². The predicted octanol–water partition coefficient (Wildman–Crippen LogP) is 5.60. The molecule has 1 aliphatic heterocycles. The first kappa shape index (κ1) is 24.2. The van der Waals surface area contributed by atoms with Crippen molar-refractivity contribution in [1.29, 1.82) is 0 Å². The summed E-state index contributed by atoms with van der Waals surface area (Å²) in [5, 5.41) is 2.36. The third-order valence-corrected chi connectivity index (χ3v) is 7.19. The highest BCUT2D eigenvalue weighted by Crippen LogP contribution is 2.34. The van der Waals surface area contributed by atoms with Crippen molar-refractivity contribution < 1.29 is 18.7 Å². The maximum Gasteiger partial charge on any atom is 0.255 e. The number of hydrogen-bond acceptors (Lipinski definition) is 4. The SMILES string of the molecule is CCCN(CC(=O)N1CCc2sccc2C1COc1ccccc1F)C(=O)c1ccccc1Cl. The molecule has 1 atom stereocenters. The number of thiophene rings is 1. The topological polar surface area (TPSA) is 49.9 Å². The van der Waals surface area contributed by atoms with Crippen LogP contribution >= 0.6 is 22.9 Å². The predicted molar refractivity (Wildman–Crippen MR) is 132 cm³/mol. The number of ether oxygens (including phenoxy) is 1. The molecule has 8 heteroatoms. The Balaban J connectivity index is 1.54. The zero-order valence-electron chi connectivity index (χ0n) is 18.9. The van der Waals surface area contributed by atoms with E-state index in [1.165, 1.54) is 10.9 Å². The minimum Gasteiger partial charge on any atom is -0.488 e. The highest BCUT2D eigenvalue weighted by atomic mass is 35.5. The Hall–Kier alpha value is -2.90. The molecule has 0 N–H and O–H groups in total. The second-order valence-corrected chi connectivity index (χ2v) is 9.51. The largest absolute Gasteiger partial charge is 0.488 e. The zero-order valence-corrected chi connectivity index (χ0v) is 20.4. The van der Waals surface area contributed by atoms with E-state index in [1.807, 2.05) is 18.4 Å². The summed E-state index contributed by atoms with van der Waals surface area (Å²) in [5.74, 6) is -0.735. The summed E-state index contributed by atoms with van der Waals surface area (Å²) >= 11 is 7.89. The van der Waals surface area contributed by atoms with Gasteiger partial charge in [0.25, 0.3) is 5.91 Å². The number of benzene rings is 2. The fourth-order valence-corrected chi connectivity index (χ4v) is 5.33. The molecule has 3 aromatic rings. The van der Waals surface area contributed by atoms with E-state index in [9.17, 15) is 14.0 Å². The van der Waals surface area contributed by atoms with Gasteiger partial charge in [-0.25, -0.2) is 4.39 Å². The summed E-state index contributed by atoms with van der Waals surface area (Å²) < 4.78 is 19.9. The highest BCUT2D eigenvalue weighted by molar-refractivity contribution is 7.10.